The standard InChI is InChI=1S/C16H21N3OS/c1-19(16(12-17)8-3-2-4-9-16)15(20)11-21-14-7-5-6-13(18)10-14/h5-7,10H,2-4,8-9,11,18H2,1H3. The topological polar surface area (TPSA) is 70.1 Å². The molecule has 0 saturated heterocycles. The molecule has 1 aliphatic rings. The van der Waals surface area contributed by atoms with Crippen LogP contribution in [0, 0.1) is 11.3 Å². The molecule has 1 amide bonds. The highest BCUT2D eigenvalue weighted by atomic mass is 32.2. The molecule has 2 rings (SSSR count). The third kappa shape index (κ3) is 3.70. The van der Waals surface area contributed by atoms with Crippen molar-refractivity contribution < 1.29 is 4.79 Å². The minimum Gasteiger partial charge on any atom is -0.399 e. The number of carbonyl (C=O) groups excluding carboxylic acids is 1. The maximum atomic E-state index is 12.4. The van der Waals surface area contributed by atoms with Crippen LogP contribution < -0.4 is 5.73 Å². The zero-order valence-corrected chi connectivity index (χ0v) is 13.2. The van der Waals surface area contributed by atoms with Gasteiger partial charge in [0.2, 0.25) is 5.91 Å². The molecular weight excluding hydrogens is 282 g/mol. The van der Waals surface area contributed by atoms with Crippen LogP contribution in [0.3, 0.4) is 0 Å². The van der Waals surface area contributed by atoms with Gasteiger partial charge in [0.15, 0.2) is 0 Å². The molecule has 0 aromatic heterocycles. The number of hydrogen-bond donors (Lipinski definition) is 1. The van der Waals surface area contributed by atoms with Gasteiger partial charge in [-0.05, 0) is 31.0 Å². The summed E-state index contributed by atoms with van der Waals surface area (Å²) < 4.78 is 0. The van der Waals surface area contributed by atoms with Crippen molar-refractivity contribution in [3.05, 3.63) is 24.3 Å². The van der Waals surface area contributed by atoms with E-state index in [2.05, 4.69) is 6.07 Å². The predicted octanol–water partition coefficient (Wildman–Crippen LogP) is 3.05. The molecular formula is C16H21N3OS. The molecule has 0 aliphatic heterocycles. The minimum absolute atomic E-state index is 0.00544. The van der Waals surface area contributed by atoms with Crippen molar-refractivity contribution in [2.24, 2.45) is 0 Å². The largest absolute Gasteiger partial charge is 0.399 e. The summed E-state index contributed by atoms with van der Waals surface area (Å²) in [5.74, 6) is 0.342. The SMILES string of the molecule is CN(C(=O)CSc1cccc(N)c1)C1(C#N)CCCCC1. The maximum absolute atomic E-state index is 12.4. The van der Waals surface area contributed by atoms with Crippen molar-refractivity contribution in [3.63, 3.8) is 0 Å². The monoisotopic (exact) mass is 303 g/mol. The van der Waals surface area contributed by atoms with Crippen LogP contribution in [0.1, 0.15) is 32.1 Å². The first-order chi connectivity index (χ1) is 10.1. The fraction of sp³-hybridized carbons (Fsp3) is 0.500. The quantitative estimate of drug-likeness (QED) is 0.685. The van der Waals surface area contributed by atoms with Crippen LogP contribution in [-0.4, -0.2) is 29.1 Å². The first kappa shape index (κ1) is 15.7. The van der Waals surface area contributed by atoms with Gasteiger partial charge in [0.25, 0.3) is 0 Å². The lowest BCUT2D eigenvalue weighted by atomic mass is 9.81. The van der Waals surface area contributed by atoms with E-state index >= 15 is 0 Å². The number of nitrogens with zero attached hydrogens (tertiary/aromatic N) is 2. The second kappa shape index (κ2) is 6.86. The molecule has 1 aromatic carbocycles. The molecule has 21 heavy (non-hydrogen) atoms. The van der Waals surface area contributed by atoms with Gasteiger partial charge >= 0.3 is 0 Å². The van der Waals surface area contributed by atoms with Crippen LogP contribution in [0.15, 0.2) is 29.2 Å². The number of amides is 1. The van der Waals surface area contributed by atoms with Crippen LogP contribution >= 0.6 is 11.8 Å². The van der Waals surface area contributed by atoms with E-state index in [1.54, 1.807) is 11.9 Å². The molecule has 5 heteroatoms. The lowest BCUT2D eigenvalue weighted by molar-refractivity contribution is -0.131. The number of thioether (sulfide) groups is 1. The molecule has 1 aromatic rings. The molecule has 0 heterocycles. The van der Waals surface area contributed by atoms with Gasteiger partial charge in [-0.3, -0.25) is 4.79 Å². The zero-order chi connectivity index (χ0) is 15.3. The molecule has 0 bridgehead atoms. The number of benzene rings is 1. The number of anilines is 1. The Kier molecular flexibility index (Phi) is 5.13. The fourth-order valence-electron chi connectivity index (χ4n) is 2.74. The van der Waals surface area contributed by atoms with Gasteiger partial charge in [0.05, 0.1) is 11.8 Å². The third-order valence-electron chi connectivity index (χ3n) is 4.13. The third-order valence-corrected chi connectivity index (χ3v) is 5.10. The molecule has 112 valence electrons. The Bertz CT molecular complexity index is 547. The second-order valence-electron chi connectivity index (χ2n) is 5.52. The Morgan fingerprint density at radius 1 is 1.43 bits per heavy atom. The van der Waals surface area contributed by atoms with Gasteiger partial charge in [0.1, 0.15) is 5.54 Å². The Balaban J connectivity index is 1.97. The molecule has 0 spiro atoms. The van der Waals surface area contributed by atoms with E-state index in [1.165, 1.54) is 11.8 Å². The lowest BCUT2D eigenvalue weighted by Gasteiger charge is -2.39. The summed E-state index contributed by atoms with van der Waals surface area (Å²) in [6.45, 7) is 0. The van der Waals surface area contributed by atoms with E-state index in [-0.39, 0.29) is 5.91 Å². The van der Waals surface area contributed by atoms with Crippen LogP contribution in [-0.2, 0) is 4.79 Å². The van der Waals surface area contributed by atoms with Crippen LogP contribution in [0.4, 0.5) is 5.69 Å². The average Bonchev–Trinajstić information content (AvgIpc) is 2.52. The highest BCUT2D eigenvalue weighted by Gasteiger charge is 2.38. The second-order valence-corrected chi connectivity index (χ2v) is 6.57. The van der Waals surface area contributed by atoms with Crippen LogP contribution in [0.5, 0.6) is 0 Å². The van der Waals surface area contributed by atoms with Crippen molar-refractivity contribution in [2.75, 3.05) is 18.5 Å². The van der Waals surface area contributed by atoms with Crippen molar-refractivity contribution in [2.45, 2.75) is 42.5 Å². The van der Waals surface area contributed by atoms with Crippen molar-refractivity contribution in [3.8, 4) is 6.07 Å². The van der Waals surface area contributed by atoms with E-state index in [9.17, 15) is 10.1 Å². The highest BCUT2D eigenvalue weighted by molar-refractivity contribution is 8.00. The number of hydrogen-bond acceptors (Lipinski definition) is 4. The highest BCUT2D eigenvalue weighted by Crippen LogP contribution is 2.33. The number of carbonyl (C=O) groups is 1. The van der Waals surface area contributed by atoms with Crippen molar-refractivity contribution in [1.29, 1.82) is 5.26 Å². The van der Waals surface area contributed by atoms with Gasteiger partial charge in [-0.25, -0.2) is 0 Å². The first-order valence-corrected chi connectivity index (χ1v) is 8.22. The van der Waals surface area contributed by atoms with Gasteiger partial charge in [-0.2, -0.15) is 5.26 Å². The van der Waals surface area contributed by atoms with E-state index in [1.807, 2.05) is 24.3 Å². The Morgan fingerprint density at radius 3 is 2.76 bits per heavy atom. The average molecular weight is 303 g/mol. The zero-order valence-electron chi connectivity index (χ0n) is 12.3. The molecule has 1 saturated carbocycles. The lowest BCUT2D eigenvalue weighted by Crippen LogP contribution is -2.50. The summed E-state index contributed by atoms with van der Waals surface area (Å²) in [6.07, 6.45) is 4.77. The molecule has 0 atom stereocenters. The van der Waals surface area contributed by atoms with E-state index in [4.69, 9.17) is 5.73 Å². The summed E-state index contributed by atoms with van der Waals surface area (Å²) >= 11 is 1.46. The first-order valence-electron chi connectivity index (χ1n) is 7.24. The molecule has 4 nitrogen and oxygen atoms in total. The predicted molar refractivity (Wildman–Crippen MR) is 85.8 cm³/mol. The summed E-state index contributed by atoms with van der Waals surface area (Å²) in [7, 11) is 1.76. The number of nitriles is 1. The number of nitrogen functional groups attached to an aromatic ring is 1. The Morgan fingerprint density at radius 2 is 2.14 bits per heavy atom. The van der Waals surface area contributed by atoms with Gasteiger partial charge in [-0.1, -0.05) is 25.3 Å². The van der Waals surface area contributed by atoms with E-state index < -0.39 is 5.54 Å². The molecule has 0 unspecified atom stereocenters. The van der Waals surface area contributed by atoms with E-state index in [0.717, 1.165) is 37.0 Å². The van der Waals surface area contributed by atoms with Crippen molar-refractivity contribution >= 4 is 23.4 Å². The van der Waals surface area contributed by atoms with E-state index in [0.29, 0.717) is 11.4 Å². The van der Waals surface area contributed by atoms with Gasteiger partial charge < -0.3 is 10.6 Å². The van der Waals surface area contributed by atoms with Crippen LogP contribution in [0.2, 0.25) is 0 Å². The molecule has 2 N–H and O–H groups in total. The summed E-state index contributed by atoms with van der Waals surface area (Å²) in [5, 5.41) is 9.52. The van der Waals surface area contributed by atoms with Gasteiger partial charge in [0, 0.05) is 17.6 Å². The maximum Gasteiger partial charge on any atom is 0.233 e. The van der Waals surface area contributed by atoms with Gasteiger partial charge in [-0.15, -0.1) is 11.8 Å². The smallest absolute Gasteiger partial charge is 0.233 e. The number of rotatable bonds is 4. The summed E-state index contributed by atoms with van der Waals surface area (Å²) in [5.41, 5.74) is 5.82. The van der Waals surface area contributed by atoms with Crippen LogP contribution in [0.25, 0.3) is 0 Å². The molecule has 1 aliphatic carbocycles. The normalized spacial score (nSPS) is 17.0. The minimum atomic E-state index is -0.606. The fourth-order valence-corrected chi connectivity index (χ4v) is 3.62. The molecule has 0 radical (unpaired) electrons. The summed E-state index contributed by atoms with van der Waals surface area (Å²) in [6, 6.07) is 9.88. The number of nitrogens with two attached hydrogens (primary N) is 1. The van der Waals surface area contributed by atoms with Crippen molar-refractivity contribution in [1.82, 2.24) is 4.90 Å². The summed E-state index contributed by atoms with van der Waals surface area (Å²) in [4.78, 5) is 15.0. The Hall–Kier alpha value is -1.67. The molecule has 1 fully saturated rings. The Labute approximate surface area is 130 Å².